The third kappa shape index (κ3) is 2.49. The Kier molecular flexibility index (Phi) is 3.43. The highest BCUT2D eigenvalue weighted by atomic mass is 32.2. The van der Waals surface area contributed by atoms with E-state index in [2.05, 4.69) is 34.6 Å². The predicted octanol–water partition coefficient (Wildman–Crippen LogP) is 1.94. The highest BCUT2D eigenvalue weighted by Crippen LogP contribution is 2.13. The molecule has 1 aromatic heterocycles. The Morgan fingerprint density at radius 2 is 2.21 bits per heavy atom. The molecule has 0 atom stereocenters. The summed E-state index contributed by atoms with van der Waals surface area (Å²) in [5.74, 6) is 2.55. The molecular formula is C11H16N2S. The minimum atomic E-state index is 1.07. The third-order valence-electron chi connectivity index (χ3n) is 2.61. The van der Waals surface area contributed by atoms with Gasteiger partial charge in [0.05, 0.1) is 0 Å². The van der Waals surface area contributed by atoms with Crippen molar-refractivity contribution in [3.8, 4) is 0 Å². The van der Waals surface area contributed by atoms with Crippen LogP contribution in [-0.2, 0) is 6.54 Å². The molecule has 76 valence electrons. The molecule has 2 nitrogen and oxygen atoms in total. The molecule has 0 amide bonds. The average molecular weight is 208 g/mol. The van der Waals surface area contributed by atoms with Crippen molar-refractivity contribution in [3.05, 3.63) is 29.6 Å². The number of aryl methyl sites for hydroxylation is 1. The number of nitrogens with zero attached hydrogens (tertiary/aromatic N) is 2. The van der Waals surface area contributed by atoms with E-state index >= 15 is 0 Å². The Morgan fingerprint density at radius 1 is 1.43 bits per heavy atom. The summed E-state index contributed by atoms with van der Waals surface area (Å²) in [6.45, 7) is 5.60. The summed E-state index contributed by atoms with van der Waals surface area (Å²) in [7, 11) is 0. The van der Waals surface area contributed by atoms with Crippen LogP contribution in [0.2, 0.25) is 0 Å². The van der Waals surface area contributed by atoms with Crippen molar-refractivity contribution < 1.29 is 0 Å². The van der Waals surface area contributed by atoms with Crippen molar-refractivity contribution >= 4 is 11.8 Å². The smallest absolute Gasteiger partial charge is 0.0417 e. The van der Waals surface area contributed by atoms with Crippen LogP contribution in [0.3, 0.4) is 0 Å². The Morgan fingerprint density at radius 3 is 2.93 bits per heavy atom. The van der Waals surface area contributed by atoms with Gasteiger partial charge in [0.25, 0.3) is 0 Å². The Balaban J connectivity index is 1.99. The van der Waals surface area contributed by atoms with Gasteiger partial charge < -0.3 is 0 Å². The second kappa shape index (κ2) is 4.80. The summed E-state index contributed by atoms with van der Waals surface area (Å²) in [6.07, 6.45) is 1.87. The fourth-order valence-corrected chi connectivity index (χ4v) is 2.66. The van der Waals surface area contributed by atoms with Gasteiger partial charge in [0, 0.05) is 43.0 Å². The van der Waals surface area contributed by atoms with Gasteiger partial charge in [-0.1, -0.05) is 6.07 Å². The average Bonchev–Trinajstić information content (AvgIpc) is 2.23. The Bertz CT molecular complexity index is 295. The normalized spacial score (nSPS) is 18.4. The van der Waals surface area contributed by atoms with Crippen LogP contribution in [0.15, 0.2) is 18.3 Å². The van der Waals surface area contributed by atoms with Crippen LogP contribution >= 0.6 is 11.8 Å². The number of aromatic nitrogens is 1. The minimum Gasteiger partial charge on any atom is -0.297 e. The molecule has 1 aliphatic rings. The lowest BCUT2D eigenvalue weighted by molar-refractivity contribution is 0.293. The fourth-order valence-electron chi connectivity index (χ4n) is 1.68. The van der Waals surface area contributed by atoms with Crippen LogP contribution in [0.4, 0.5) is 0 Å². The number of thioether (sulfide) groups is 1. The van der Waals surface area contributed by atoms with Crippen LogP contribution in [-0.4, -0.2) is 34.5 Å². The molecule has 0 radical (unpaired) electrons. The Hall–Kier alpha value is -0.540. The molecule has 1 aliphatic heterocycles. The summed E-state index contributed by atoms with van der Waals surface area (Å²) in [5, 5.41) is 0. The topological polar surface area (TPSA) is 16.1 Å². The van der Waals surface area contributed by atoms with Crippen molar-refractivity contribution in [2.45, 2.75) is 13.5 Å². The molecule has 0 saturated carbocycles. The molecule has 0 spiro atoms. The van der Waals surface area contributed by atoms with Crippen LogP contribution < -0.4 is 0 Å². The summed E-state index contributed by atoms with van der Waals surface area (Å²) in [4.78, 5) is 6.83. The van der Waals surface area contributed by atoms with Gasteiger partial charge in [-0.15, -0.1) is 0 Å². The summed E-state index contributed by atoms with van der Waals surface area (Å²) in [6, 6.07) is 4.21. The van der Waals surface area contributed by atoms with Gasteiger partial charge in [0.2, 0.25) is 0 Å². The highest BCUT2D eigenvalue weighted by molar-refractivity contribution is 7.99. The molecular weight excluding hydrogens is 192 g/mol. The van der Waals surface area contributed by atoms with Gasteiger partial charge in [0.15, 0.2) is 0 Å². The van der Waals surface area contributed by atoms with Gasteiger partial charge in [0.1, 0.15) is 0 Å². The lowest BCUT2D eigenvalue weighted by atomic mass is 10.2. The largest absolute Gasteiger partial charge is 0.297 e. The molecule has 0 bridgehead atoms. The maximum Gasteiger partial charge on any atom is 0.0417 e. The summed E-state index contributed by atoms with van der Waals surface area (Å²) >= 11 is 2.06. The lowest BCUT2D eigenvalue weighted by Crippen LogP contribution is -2.32. The molecule has 0 aromatic carbocycles. The van der Waals surface area contributed by atoms with Gasteiger partial charge in [-0.25, -0.2) is 0 Å². The van der Waals surface area contributed by atoms with Gasteiger partial charge in [-0.05, 0) is 18.6 Å². The first kappa shape index (κ1) is 9.99. The van der Waals surface area contributed by atoms with Gasteiger partial charge in [-0.3, -0.25) is 9.88 Å². The van der Waals surface area contributed by atoms with Crippen LogP contribution in [0.25, 0.3) is 0 Å². The second-order valence-electron chi connectivity index (χ2n) is 3.64. The van der Waals surface area contributed by atoms with Crippen molar-refractivity contribution in [2.24, 2.45) is 0 Å². The predicted molar refractivity (Wildman–Crippen MR) is 61.6 cm³/mol. The molecule has 0 aliphatic carbocycles. The molecule has 2 rings (SSSR count). The number of hydrogen-bond acceptors (Lipinski definition) is 3. The molecule has 3 heteroatoms. The molecule has 1 aromatic rings. The van der Waals surface area contributed by atoms with Crippen molar-refractivity contribution in [1.29, 1.82) is 0 Å². The van der Waals surface area contributed by atoms with E-state index in [9.17, 15) is 0 Å². The van der Waals surface area contributed by atoms with E-state index < -0.39 is 0 Å². The molecule has 1 fully saturated rings. The van der Waals surface area contributed by atoms with E-state index in [0.717, 1.165) is 6.54 Å². The summed E-state index contributed by atoms with van der Waals surface area (Å²) < 4.78 is 0. The monoisotopic (exact) mass is 208 g/mol. The van der Waals surface area contributed by atoms with Crippen LogP contribution in [0, 0.1) is 6.92 Å². The number of rotatable bonds is 2. The third-order valence-corrected chi connectivity index (χ3v) is 3.56. The quantitative estimate of drug-likeness (QED) is 0.739. The van der Waals surface area contributed by atoms with E-state index in [4.69, 9.17) is 0 Å². The van der Waals surface area contributed by atoms with E-state index in [1.807, 2.05) is 12.3 Å². The van der Waals surface area contributed by atoms with Crippen molar-refractivity contribution in [2.75, 3.05) is 24.6 Å². The molecule has 14 heavy (non-hydrogen) atoms. The second-order valence-corrected chi connectivity index (χ2v) is 4.86. The minimum absolute atomic E-state index is 1.07. The standard InChI is InChI=1S/C11H16N2S/c1-10-11(3-2-4-12-10)9-13-5-7-14-8-6-13/h2-4H,5-9H2,1H3. The zero-order chi connectivity index (χ0) is 9.80. The first-order valence-corrected chi connectivity index (χ1v) is 6.22. The van der Waals surface area contributed by atoms with Crippen LogP contribution in [0.1, 0.15) is 11.3 Å². The van der Waals surface area contributed by atoms with E-state index in [-0.39, 0.29) is 0 Å². The molecule has 1 saturated heterocycles. The number of hydrogen-bond donors (Lipinski definition) is 0. The summed E-state index contributed by atoms with van der Waals surface area (Å²) in [5.41, 5.74) is 2.55. The zero-order valence-corrected chi connectivity index (χ0v) is 9.39. The number of pyridine rings is 1. The Labute approximate surface area is 89.7 Å². The fraction of sp³-hybridized carbons (Fsp3) is 0.545. The SMILES string of the molecule is Cc1ncccc1CN1CCSCC1. The van der Waals surface area contributed by atoms with Gasteiger partial charge >= 0.3 is 0 Å². The molecule has 2 heterocycles. The van der Waals surface area contributed by atoms with Crippen LogP contribution in [0.5, 0.6) is 0 Å². The highest BCUT2D eigenvalue weighted by Gasteiger charge is 2.11. The van der Waals surface area contributed by atoms with E-state index in [1.54, 1.807) is 0 Å². The van der Waals surface area contributed by atoms with Crippen molar-refractivity contribution in [3.63, 3.8) is 0 Å². The first-order chi connectivity index (χ1) is 6.86. The van der Waals surface area contributed by atoms with Gasteiger partial charge in [-0.2, -0.15) is 11.8 Å². The lowest BCUT2D eigenvalue weighted by Gasteiger charge is -2.26. The molecule has 0 unspecified atom stereocenters. The maximum absolute atomic E-state index is 4.31. The van der Waals surface area contributed by atoms with E-state index in [0.29, 0.717) is 0 Å². The van der Waals surface area contributed by atoms with Crippen molar-refractivity contribution in [1.82, 2.24) is 9.88 Å². The molecule has 0 N–H and O–H groups in total. The van der Waals surface area contributed by atoms with E-state index in [1.165, 1.54) is 35.9 Å². The first-order valence-electron chi connectivity index (χ1n) is 5.07. The zero-order valence-electron chi connectivity index (χ0n) is 8.57. The maximum atomic E-state index is 4.31.